The molecule has 0 atom stereocenters. The number of rotatable bonds is 14. The summed E-state index contributed by atoms with van der Waals surface area (Å²) in [6.45, 7) is 3.97. The van der Waals surface area contributed by atoms with Crippen molar-refractivity contribution in [2.75, 3.05) is 13.2 Å². The summed E-state index contributed by atoms with van der Waals surface area (Å²) in [6, 6.07) is 64.8. The monoisotopic (exact) mass is 830 g/mol. The van der Waals surface area contributed by atoms with Gasteiger partial charge in [-0.2, -0.15) is 0 Å². The largest absolute Gasteiger partial charge is 0.461 e. The molecule has 0 spiro atoms. The minimum Gasteiger partial charge on any atom is -0.461 e. The van der Waals surface area contributed by atoms with Crippen LogP contribution in [0.3, 0.4) is 0 Å². The van der Waals surface area contributed by atoms with E-state index >= 15 is 0 Å². The van der Waals surface area contributed by atoms with E-state index in [1.807, 2.05) is 121 Å². The Bertz CT molecular complexity index is 2270. The first-order valence-electron chi connectivity index (χ1n) is 19.4. The SMILES string of the molecule is CCOC(=O)/C(=C/c1ccc(/C=C(\N=P(c2ccccc2)(c2ccccc2)c2ccccc2)C(=O)OCC)s1)N=P(c1ccccc1)(c1ccccc1)c1ccccc1. The van der Waals surface area contributed by atoms with Crippen LogP contribution in [-0.2, 0) is 19.1 Å². The van der Waals surface area contributed by atoms with Crippen LogP contribution in [0.15, 0.2) is 215 Å². The van der Waals surface area contributed by atoms with Crippen molar-refractivity contribution in [3.8, 4) is 0 Å². The van der Waals surface area contributed by atoms with E-state index in [9.17, 15) is 9.59 Å². The Morgan fingerprint density at radius 1 is 0.424 bits per heavy atom. The molecule has 0 saturated carbocycles. The molecule has 1 heterocycles. The molecular weight excluding hydrogens is 787 g/mol. The Balaban J connectivity index is 1.45. The lowest BCUT2D eigenvalue weighted by atomic mass is 10.3. The normalized spacial score (nSPS) is 12.0. The number of ether oxygens (including phenoxy) is 2. The maximum absolute atomic E-state index is 14.0. The average Bonchev–Trinajstić information content (AvgIpc) is 3.75. The van der Waals surface area contributed by atoms with Crippen LogP contribution in [0.2, 0.25) is 0 Å². The fourth-order valence-corrected chi connectivity index (χ4v) is 14.8. The Morgan fingerprint density at radius 2 is 0.661 bits per heavy atom. The summed E-state index contributed by atoms with van der Waals surface area (Å²) in [6.07, 6.45) is 3.58. The lowest BCUT2D eigenvalue weighted by Crippen LogP contribution is -2.26. The molecule has 0 radical (unpaired) electrons. The summed E-state index contributed by atoms with van der Waals surface area (Å²) >= 11 is 1.42. The van der Waals surface area contributed by atoms with Crippen molar-refractivity contribution in [3.63, 3.8) is 0 Å². The minimum atomic E-state index is -2.80. The molecule has 0 aliphatic heterocycles. The van der Waals surface area contributed by atoms with Crippen LogP contribution >= 0.6 is 25.4 Å². The van der Waals surface area contributed by atoms with Crippen LogP contribution in [-0.4, -0.2) is 25.2 Å². The molecule has 0 N–H and O–H groups in total. The molecule has 0 aliphatic rings. The first kappa shape index (κ1) is 41.1. The molecule has 294 valence electrons. The van der Waals surface area contributed by atoms with Crippen molar-refractivity contribution in [2.45, 2.75) is 13.8 Å². The number of carbonyl (C=O) groups excluding carboxylic acids is 2. The van der Waals surface area contributed by atoms with Gasteiger partial charge in [0.05, 0.1) is 27.3 Å². The Morgan fingerprint density at radius 3 is 0.881 bits per heavy atom. The van der Waals surface area contributed by atoms with Crippen molar-refractivity contribution >= 4 is 81.4 Å². The van der Waals surface area contributed by atoms with Gasteiger partial charge in [-0.15, -0.1) is 11.3 Å². The van der Waals surface area contributed by atoms with Crippen molar-refractivity contribution in [3.05, 3.63) is 215 Å². The fraction of sp³-hybridized carbons (Fsp3) is 0.0800. The molecule has 0 aliphatic carbocycles. The molecule has 9 heteroatoms. The maximum atomic E-state index is 14.0. The molecule has 0 bridgehead atoms. The summed E-state index contributed by atoms with van der Waals surface area (Å²) < 4.78 is 22.4. The minimum absolute atomic E-state index is 0.192. The lowest BCUT2D eigenvalue weighted by Gasteiger charge is -2.27. The van der Waals surface area contributed by atoms with Crippen LogP contribution < -0.4 is 31.8 Å². The third-order valence-corrected chi connectivity index (χ3v) is 17.8. The van der Waals surface area contributed by atoms with E-state index in [0.29, 0.717) is 0 Å². The number of hydrogen-bond donors (Lipinski definition) is 0. The van der Waals surface area contributed by atoms with Crippen LogP contribution in [0.5, 0.6) is 0 Å². The number of benzene rings is 6. The van der Waals surface area contributed by atoms with Crippen molar-refractivity contribution in [1.82, 2.24) is 0 Å². The van der Waals surface area contributed by atoms with E-state index in [-0.39, 0.29) is 24.6 Å². The second-order valence-corrected chi connectivity index (χ2v) is 20.4. The Labute approximate surface area is 350 Å². The van der Waals surface area contributed by atoms with Crippen molar-refractivity contribution in [2.24, 2.45) is 9.49 Å². The number of nitrogens with zero attached hydrogens (tertiary/aromatic N) is 2. The summed E-state index contributed by atoms with van der Waals surface area (Å²) in [7, 11) is -5.59. The van der Waals surface area contributed by atoms with E-state index in [2.05, 4.69) is 72.8 Å². The summed E-state index contributed by atoms with van der Waals surface area (Å²) in [4.78, 5) is 29.5. The predicted molar refractivity (Wildman–Crippen MR) is 249 cm³/mol. The summed E-state index contributed by atoms with van der Waals surface area (Å²) in [5.74, 6) is -1.04. The lowest BCUT2D eigenvalue weighted by molar-refractivity contribution is -0.139. The highest BCUT2D eigenvalue weighted by molar-refractivity contribution is 7.88. The third-order valence-electron chi connectivity index (χ3n) is 9.47. The molecule has 6 nitrogen and oxygen atoms in total. The second kappa shape index (κ2) is 19.6. The zero-order chi connectivity index (χ0) is 40.9. The van der Waals surface area contributed by atoms with E-state index in [4.69, 9.17) is 19.0 Å². The van der Waals surface area contributed by atoms with E-state index < -0.39 is 26.0 Å². The Kier molecular flexibility index (Phi) is 13.6. The van der Waals surface area contributed by atoms with Gasteiger partial charge in [-0.1, -0.05) is 182 Å². The van der Waals surface area contributed by atoms with Crippen molar-refractivity contribution < 1.29 is 19.1 Å². The Hall–Kier alpha value is -6.10. The third kappa shape index (κ3) is 9.14. The molecule has 7 aromatic rings. The van der Waals surface area contributed by atoms with Gasteiger partial charge in [-0.3, -0.25) is 0 Å². The van der Waals surface area contributed by atoms with Crippen LogP contribution in [0.25, 0.3) is 12.2 Å². The standard InChI is InChI=1S/C50H44N2O4P2S/c1-3-55-49(53)47(51-57(39-23-11-5-12-24-39,40-25-13-6-14-26-40)41-27-15-7-16-28-41)37-45-35-36-46(59-45)38-48(50(54)56-4-2)52-58(42-29-17-8-18-30-42,43-31-19-9-20-32-43)44-33-21-10-22-34-44/h5-38H,3-4H2,1-2H3/b47-37-,48-38-. The van der Waals surface area contributed by atoms with Gasteiger partial charge in [-0.25, -0.2) is 19.1 Å². The molecule has 0 saturated heterocycles. The quantitative estimate of drug-likeness (QED) is 0.0622. The van der Waals surface area contributed by atoms with Crippen LogP contribution in [0.4, 0.5) is 0 Å². The van der Waals surface area contributed by atoms with Gasteiger partial charge in [0.25, 0.3) is 0 Å². The van der Waals surface area contributed by atoms with Gasteiger partial charge in [0, 0.05) is 41.6 Å². The fourth-order valence-electron chi connectivity index (χ4n) is 6.89. The average molecular weight is 831 g/mol. The highest BCUT2D eigenvalue weighted by Crippen LogP contribution is 2.49. The number of hydrogen-bond acceptors (Lipinski definition) is 7. The first-order valence-corrected chi connectivity index (χ1v) is 23.7. The van der Waals surface area contributed by atoms with E-state index in [1.54, 1.807) is 26.0 Å². The summed E-state index contributed by atoms with van der Waals surface area (Å²) in [5.41, 5.74) is 0.401. The zero-order valence-corrected chi connectivity index (χ0v) is 35.5. The molecule has 1 aromatic heterocycles. The van der Waals surface area contributed by atoms with Crippen LogP contribution in [0, 0.1) is 0 Å². The van der Waals surface area contributed by atoms with E-state index in [1.165, 1.54) is 11.3 Å². The second-order valence-electron chi connectivity index (χ2n) is 13.2. The predicted octanol–water partition coefficient (Wildman–Crippen LogP) is 9.91. The van der Waals surface area contributed by atoms with Gasteiger partial charge in [-0.05, 0) is 38.1 Å². The van der Waals surface area contributed by atoms with Gasteiger partial charge in [0.15, 0.2) is 0 Å². The number of esters is 2. The molecule has 59 heavy (non-hydrogen) atoms. The first-order chi connectivity index (χ1) is 29.0. The maximum Gasteiger partial charge on any atom is 0.356 e. The van der Waals surface area contributed by atoms with Crippen molar-refractivity contribution in [1.29, 1.82) is 0 Å². The molecule has 7 rings (SSSR count). The van der Waals surface area contributed by atoms with E-state index in [0.717, 1.165) is 41.6 Å². The smallest absolute Gasteiger partial charge is 0.356 e. The highest BCUT2D eigenvalue weighted by Gasteiger charge is 2.31. The summed E-state index contributed by atoms with van der Waals surface area (Å²) in [5, 5.41) is 6.03. The molecule has 0 unspecified atom stereocenters. The zero-order valence-electron chi connectivity index (χ0n) is 32.9. The van der Waals surface area contributed by atoms with Gasteiger partial charge in [0.1, 0.15) is 11.4 Å². The molecule has 0 amide bonds. The van der Waals surface area contributed by atoms with Gasteiger partial charge >= 0.3 is 11.9 Å². The molecule has 6 aromatic carbocycles. The van der Waals surface area contributed by atoms with Gasteiger partial charge in [0.2, 0.25) is 0 Å². The molecule has 0 fully saturated rings. The van der Waals surface area contributed by atoms with Gasteiger partial charge < -0.3 is 9.47 Å². The number of carbonyl (C=O) groups is 2. The van der Waals surface area contributed by atoms with Crippen LogP contribution in [0.1, 0.15) is 23.6 Å². The molecular formula is C50H44N2O4P2S. The highest BCUT2D eigenvalue weighted by atomic mass is 32.1. The topological polar surface area (TPSA) is 77.3 Å². The number of thiophene rings is 1.